The maximum atomic E-state index is 12.6. The highest BCUT2D eigenvalue weighted by molar-refractivity contribution is 6.03. The summed E-state index contributed by atoms with van der Waals surface area (Å²) in [7, 11) is 0. The van der Waals surface area contributed by atoms with Crippen LogP contribution in [0.2, 0.25) is 0 Å². The van der Waals surface area contributed by atoms with Crippen LogP contribution in [0.4, 0.5) is 13.2 Å². The standard InChI is InChI=1S/C10H7F3N2O2/c11-10(12,13)8-1-2-14-3-7(8)9(17)15-4-6(16)5-15/h1-3H,4-5H2. The first-order valence-corrected chi connectivity index (χ1v) is 4.72. The Labute approximate surface area is 94.0 Å². The van der Waals surface area contributed by atoms with Crippen molar-refractivity contribution in [3.05, 3.63) is 29.6 Å². The first kappa shape index (κ1) is 11.6. The first-order chi connectivity index (χ1) is 7.89. The van der Waals surface area contributed by atoms with E-state index in [1.807, 2.05) is 0 Å². The van der Waals surface area contributed by atoms with Gasteiger partial charge in [0.05, 0.1) is 24.2 Å². The lowest BCUT2D eigenvalue weighted by Gasteiger charge is -2.29. The van der Waals surface area contributed by atoms with Crippen LogP contribution in [0.5, 0.6) is 0 Å². The summed E-state index contributed by atoms with van der Waals surface area (Å²) in [6.45, 7) is -0.268. The zero-order chi connectivity index (χ0) is 12.6. The van der Waals surface area contributed by atoms with Gasteiger partial charge in [0, 0.05) is 12.4 Å². The number of Topliss-reactive ketones (excluding diaryl/α,β-unsaturated/α-hetero) is 1. The molecule has 0 spiro atoms. The van der Waals surface area contributed by atoms with Crippen molar-refractivity contribution < 1.29 is 22.8 Å². The normalized spacial score (nSPS) is 15.7. The van der Waals surface area contributed by atoms with Crippen LogP contribution in [-0.2, 0) is 11.0 Å². The predicted molar refractivity (Wildman–Crippen MR) is 50.1 cm³/mol. The van der Waals surface area contributed by atoms with Gasteiger partial charge in [0.1, 0.15) is 0 Å². The zero-order valence-corrected chi connectivity index (χ0v) is 8.49. The lowest BCUT2D eigenvalue weighted by Crippen LogP contribution is -2.50. The van der Waals surface area contributed by atoms with Gasteiger partial charge in [-0.05, 0) is 6.07 Å². The molecule has 0 bridgehead atoms. The molecule has 7 heteroatoms. The highest BCUT2D eigenvalue weighted by Crippen LogP contribution is 2.32. The number of ketones is 1. The summed E-state index contributed by atoms with van der Waals surface area (Å²) in [5.74, 6) is -0.985. The Hall–Kier alpha value is -1.92. The number of halogens is 3. The Morgan fingerprint density at radius 2 is 2.00 bits per heavy atom. The lowest BCUT2D eigenvalue weighted by atomic mass is 10.1. The fraction of sp³-hybridized carbons (Fsp3) is 0.300. The first-order valence-electron chi connectivity index (χ1n) is 4.72. The third kappa shape index (κ3) is 2.13. The van der Waals surface area contributed by atoms with Gasteiger partial charge in [0.2, 0.25) is 0 Å². The fourth-order valence-electron chi connectivity index (χ4n) is 1.51. The number of rotatable bonds is 1. The molecule has 1 fully saturated rings. The third-order valence-electron chi connectivity index (χ3n) is 2.38. The van der Waals surface area contributed by atoms with Gasteiger partial charge in [-0.15, -0.1) is 0 Å². The van der Waals surface area contributed by atoms with Crippen LogP contribution < -0.4 is 0 Å². The van der Waals surface area contributed by atoms with E-state index in [-0.39, 0.29) is 18.9 Å². The number of amides is 1. The number of aromatic nitrogens is 1. The molecule has 0 radical (unpaired) electrons. The second-order valence-electron chi connectivity index (χ2n) is 3.62. The number of carbonyl (C=O) groups is 2. The Balaban J connectivity index is 2.32. The van der Waals surface area contributed by atoms with Crippen LogP contribution >= 0.6 is 0 Å². The molecule has 1 aromatic rings. The van der Waals surface area contributed by atoms with Gasteiger partial charge in [-0.2, -0.15) is 13.2 Å². The van der Waals surface area contributed by atoms with Crippen LogP contribution in [0.25, 0.3) is 0 Å². The Morgan fingerprint density at radius 3 is 2.53 bits per heavy atom. The van der Waals surface area contributed by atoms with Crippen molar-refractivity contribution in [1.29, 1.82) is 0 Å². The highest BCUT2D eigenvalue weighted by Gasteiger charge is 2.38. The largest absolute Gasteiger partial charge is 0.417 e. The number of hydrogen-bond donors (Lipinski definition) is 0. The molecule has 0 saturated carbocycles. The molecular weight excluding hydrogens is 237 g/mol. The predicted octanol–water partition coefficient (Wildman–Crippen LogP) is 1.13. The molecular formula is C10H7F3N2O2. The van der Waals surface area contributed by atoms with E-state index >= 15 is 0 Å². The molecule has 0 unspecified atom stereocenters. The maximum absolute atomic E-state index is 12.6. The van der Waals surface area contributed by atoms with Crippen LogP contribution in [0.1, 0.15) is 15.9 Å². The molecule has 0 atom stereocenters. The smallest absolute Gasteiger partial charge is 0.324 e. The van der Waals surface area contributed by atoms with Crippen molar-refractivity contribution in [2.75, 3.05) is 13.1 Å². The molecule has 4 nitrogen and oxygen atoms in total. The van der Waals surface area contributed by atoms with Gasteiger partial charge in [0.25, 0.3) is 5.91 Å². The van der Waals surface area contributed by atoms with Gasteiger partial charge in [-0.25, -0.2) is 0 Å². The quantitative estimate of drug-likeness (QED) is 0.744. The van der Waals surface area contributed by atoms with E-state index in [1.165, 1.54) is 0 Å². The van der Waals surface area contributed by atoms with Crippen molar-refractivity contribution >= 4 is 11.7 Å². The number of likely N-dealkylation sites (tertiary alicyclic amines) is 1. The summed E-state index contributed by atoms with van der Waals surface area (Å²) >= 11 is 0. The number of nitrogens with zero attached hydrogens (tertiary/aromatic N) is 2. The fourth-order valence-corrected chi connectivity index (χ4v) is 1.51. The van der Waals surface area contributed by atoms with Crippen LogP contribution in [0.3, 0.4) is 0 Å². The summed E-state index contributed by atoms with van der Waals surface area (Å²) in [5.41, 5.74) is -1.55. The molecule has 2 rings (SSSR count). The van der Waals surface area contributed by atoms with Crippen molar-refractivity contribution in [2.24, 2.45) is 0 Å². The number of alkyl halides is 3. The van der Waals surface area contributed by atoms with E-state index < -0.39 is 23.2 Å². The molecule has 0 aromatic carbocycles. The molecule has 1 aliphatic heterocycles. The monoisotopic (exact) mass is 244 g/mol. The van der Waals surface area contributed by atoms with E-state index in [4.69, 9.17) is 0 Å². The highest BCUT2D eigenvalue weighted by atomic mass is 19.4. The third-order valence-corrected chi connectivity index (χ3v) is 2.38. The average molecular weight is 244 g/mol. The number of carbonyl (C=O) groups excluding carboxylic acids is 2. The second kappa shape index (κ2) is 3.83. The molecule has 1 aromatic heterocycles. The summed E-state index contributed by atoms with van der Waals surface area (Å²) < 4.78 is 37.8. The Morgan fingerprint density at radius 1 is 1.35 bits per heavy atom. The van der Waals surface area contributed by atoms with E-state index in [0.717, 1.165) is 23.4 Å². The molecule has 0 N–H and O–H groups in total. The molecule has 1 saturated heterocycles. The van der Waals surface area contributed by atoms with E-state index in [9.17, 15) is 22.8 Å². The van der Waals surface area contributed by atoms with Crippen molar-refractivity contribution in [3.63, 3.8) is 0 Å². The van der Waals surface area contributed by atoms with Gasteiger partial charge >= 0.3 is 6.18 Å². The van der Waals surface area contributed by atoms with Gasteiger partial charge in [0.15, 0.2) is 5.78 Å². The summed E-state index contributed by atoms with van der Waals surface area (Å²) in [4.78, 5) is 26.9. The zero-order valence-electron chi connectivity index (χ0n) is 8.49. The molecule has 90 valence electrons. The molecule has 1 amide bonds. The van der Waals surface area contributed by atoms with E-state index in [2.05, 4.69) is 4.98 Å². The minimum absolute atomic E-state index is 0.134. The topological polar surface area (TPSA) is 50.3 Å². The number of pyridine rings is 1. The average Bonchev–Trinajstić information content (AvgIpc) is 2.23. The van der Waals surface area contributed by atoms with E-state index in [0.29, 0.717) is 0 Å². The van der Waals surface area contributed by atoms with Gasteiger partial charge in [-0.1, -0.05) is 0 Å². The van der Waals surface area contributed by atoms with Gasteiger partial charge in [-0.3, -0.25) is 14.6 Å². The number of hydrogen-bond acceptors (Lipinski definition) is 3. The summed E-state index contributed by atoms with van der Waals surface area (Å²) in [5, 5.41) is 0. The van der Waals surface area contributed by atoms with E-state index in [1.54, 1.807) is 0 Å². The van der Waals surface area contributed by atoms with Crippen LogP contribution in [0, 0.1) is 0 Å². The molecule has 17 heavy (non-hydrogen) atoms. The van der Waals surface area contributed by atoms with Crippen molar-refractivity contribution in [1.82, 2.24) is 9.88 Å². The van der Waals surface area contributed by atoms with Crippen LogP contribution in [-0.4, -0.2) is 34.7 Å². The minimum Gasteiger partial charge on any atom is -0.324 e. The maximum Gasteiger partial charge on any atom is 0.417 e. The van der Waals surface area contributed by atoms with Crippen molar-refractivity contribution in [3.8, 4) is 0 Å². The Bertz CT molecular complexity index is 477. The lowest BCUT2D eigenvalue weighted by molar-refractivity contribution is -0.138. The Kier molecular flexibility index (Phi) is 2.60. The summed E-state index contributed by atoms with van der Waals surface area (Å²) in [6, 6.07) is 0.745. The molecule has 2 heterocycles. The molecule has 1 aliphatic rings. The SMILES string of the molecule is O=C1CN(C(=O)c2cnccc2C(F)(F)F)C1. The van der Waals surface area contributed by atoms with Crippen molar-refractivity contribution in [2.45, 2.75) is 6.18 Å². The van der Waals surface area contributed by atoms with Crippen LogP contribution in [0.15, 0.2) is 18.5 Å². The van der Waals surface area contributed by atoms with Gasteiger partial charge < -0.3 is 4.90 Å². The second-order valence-corrected chi connectivity index (χ2v) is 3.62. The summed E-state index contributed by atoms with van der Waals surface area (Å²) in [6.07, 6.45) is -2.77. The minimum atomic E-state index is -4.61. The molecule has 0 aliphatic carbocycles.